The molecule has 0 radical (unpaired) electrons. The molecule has 0 aliphatic carbocycles. The minimum Gasteiger partial charge on any atom is -0.461 e. The molecule has 7 heteroatoms. The van der Waals surface area contributed by atoms with Crippen LogP contribution in [0.15, 0.2) is 18.3 Å². The quantitative estimate of drug-likeness (QED) is 0.692. The van der Waals surface area contributed by atoms with Crippen molar-refractivity contribution < 1.29 is 9.53 Å². The van der Waals surface area contributed by atoms with Gasteiger partial charge in [0.15, 0.2) is 10.8 Å². The molecule has 0 aliphatic heterocycles. The van der Waals surface area contributed by atoms with Crippen molar-refractivity contribution in [1.29, 1.82) is 0 Å². The minimum atomic E-state index is -0.514. The van der Waals surface area contributed by atoms with Crippen LogP contribution in [0.3, 0.4) is 0 Å². The van der Waals surface area contributed by atoms with Gasteiger partial charge in [-0.25, -0.2) is 14.8 Å². The number of ether oxygens (including phenoxy) is 1. The fourth-order valence-electron chi connectivity index (χ4n) is 1.41. The van der Waals surface area contributed by atoms with E-state index in [1.54, 1.807) is 25.3 Å². The number of aromatic nitrogens is 2. The van der Waals surface area contributed by atoms with Crippen molar-refractivity contribution in [3.05, 3.63) is 29.2 Å². The molecule has 2 N–H and O–H groups in total. The van der Waals surface area contributed by atoms with Gasteiger partial charge in [-0.15, -0.1) is 0 Å². The molecular weight excluding hydrogens is 274 g/mol. The maximum Gasteiger partial charge on any atom is 0.358 e. The van der Waals surface area contributed by atoms with Crippen LogP contribution in [-0.4, -0.2) is 22.5 Å². The van der Waals surface area contributed by atoms with E-state index in [0.29, 0.717) is 15.6 Å². The number of nitrogens with zero attached hydrogens (tertiary/aromatic N) is 2. The lowest BCUT2D eigenvalue weighted by atomic mass is 10.2. The third-order valence-electron chi connectivity index (χ3n) is 2.12. The minimum absolute atomic E-state index is 0.175. The van der Waals surface area contributed by atoms with Crippen LogP contribution in [0.5, 0.6) is 0 Å². The van der Waals surface area contributed by atoms with Crippen molar-refractivity contribution in [2.45, 2.75) is 6.92 Å². The zero-order chi connectivity index (χ0) is 13.1. The van der Waals surface area contributed by atoms with Gasteiger partial charge in [0.25, 0.3) is 0 Å². The van der Waals surface area contributed by atoms with Crippen LogP contribution in [0.2, 0.25) is 5.15 Å². The first-order valence-electron chi connectivity index (χ1n) is 5.17. The summed E-state index contributed by atoms with van der Waals surface area (Å²) in [4.78, 5) is 20.3. The average molecular weight is 284 g/mol. The highest BCUT2D eigenvalue weighted by atomic mass is 35.5. The average Bonchev–Trinajstić information content (AvgIpc) is 2.72. The lowest BCUT2D eigenvalue weighted by Gasteiger charge is -2.03. The molecule has 0 aliphatic rings. The number of carbonyl (C=O) groups excluding carboxylic acids is 1. The summed E-state index contributed by atoms with van der Waals surface area (Å²) >= 11 is 7.17. The van der Waals surface area contributed by atoms with E-state index in [4.69, 9.17) is 22.1 Å². The number of carbonyl (C=O) groups is 1. The summed E-state index contributed by atoms with van der Waals surface area (Å²) in [5.74, 6) is -0.514. The fraction of sp³-hybridized carbons (Fsp3) is 0.182. The van der Waals surface area contributed by atoms with Gasteiger partial charge in [-0.3, -0.25) is 0 Å². The van der Waals surface area contributed by atoms with E-state index in [9.17, 15) is 4.79 Å². The molecule has 2 aromatic rings. The maximum atomic E-state index is 11.8. The second-order valence-electron chi connectivity index (χ2n) is 3.29. The molecule has 0 atom stereocenters. The van der Waals surface area contributed by atoms with Crippen molar-refractivity contribution >= 4 is 34.0 Å². The Morgan fingerprint density at radius 1 is 1.61 bits per heavy atom. The Morgan fingerprint density at radius 3 is 3.06 bits per heavy atom. The number of nitrogen functional groups attached to an aromatic ring is 1. The van der Waals surface area contributed by atoms with Crippen molar-refractivity contribution in [1.82, 2.24) is 9.97 Å². The van der Waals surface area contributed by atoms with Crippen LogP contribution in [0, 0.1) is 0 Å². The molecule has 0 amide bonds. The largest absolute Gasteiger partial charge is 0.461 e. The molecular formula is C11H10ClN3O2S. The zero-order valence-electron chi connectivity index (χ0n) is 9.51. The van der Waals surface area contributed by atoms with Crippen LogP contribution in [0.4, 0.5) is 5.13 Å². The van der Waals surface area contributed by atoms with Crippen LogP contribution in [-0.2, 0) is 4.74 Å². The normalized spacial score (nSPS) is 10.3. The Morgan fingerprint density at radius 2 is 2.39 bits per heavy atom. The summed E-state index contributed by atoms with van der Waals surface area (Å²) in [5, 5.41) is 0.583. The second kappa shape index (κ2) is 5.32. The standard InChI is InChI=1S/C11H10ClN3O2S/c1-2-17-10(16)7-8(18-11(13)15-7)6-4-3-5-14-9(6)12/h3-5H,2H2,1H3,(H2,13,15). The Hall–Kier alpha value is -1.66. The Bertz CT molecular complexity index is 585. The summed E-state index contributed by atoms with van der Waals surface area (Å²) in [5.41, 5.74) is 6.43. The summed E-state index contributed by atoms with van der Waals surface area (Å²) in [6, 6.07) is 3.48. The van der Waals surface area contributed by atoms with Gasteiger partial charge in [0.05, 0.1) is 11.5 Å². The van der Waals surface area contributed by atoms with Gasteiger partial charge < -0.3 is 10.5 Å². The van der Waals surface area contributed by atoms with Crippen molar-refractivity contribution in [3.63, 3.8) is 0 Å². The van der Waals surface area contributed by atoms with E-state index in [2.05, 4.69) is 9.97 Å². The molecule has 2 aromatic heterocycles. The molecule has 18 heavy (non-hydrogen) atoms. The Labute approximate surface area is 113 Å². The highest BCUT2D eigenvalue weighted by Crippen LogP contribution is 2.35. The van der Waals surface area contributed by atoms with Gasteiger partial charge in [-0.2, -0.15) is 0 Å². The Kier molecular flexibility index (Phi) is 3.78. The number of nitrogens with two attached hydrogens (primary N) is 1. The monoisotopic (exact) mass is 283 g/mol. The molecule has 0 spiro atoms. The van der Waals surface area contributed by atoms with Gasteiger partial charge in [0, 0.05) is 11.8 Å². The summed E-state index contributed by atoms with van der Waals surface area (Å²) in [6.07, 6.45) is 1.57. The molecule has 2 rings (SSSR count). The highest BCUT2D eigenvalue weighted by molar-refractivity contribution is 7.19. The fourth-order valence-corrected chi connectivity index (χ4v) is 2.53. The van der Waals surface area contributed by atoms with Crippen LogP contribution in [0.1, 0.15) is 17.4 Å². The third-order valence-corrected chi connectivity index (χ3v) is 3.34. The van der Waals surface area contributed by atoms with Gasteiger partial charge in [-0.1, -0.05) is 22.9 Å². The molecule has 0 fully saturated rings. The van der Waals surface area contributed by atoms with Crippen molar-refractivity contribution in [2.75, 3.05) is 12.3 Å². The van der Waals surface area contributed by atoms with E-state index >= 15 is 0 Å². The topological polar surface area (TPSA) is 78.1 Å². The van der Waals surface area contributed by atoms with E-state index in [1.807, 2.05) is 0 Å². The Balaban J connectivity index is 2.51. The first-order chi connectivity index (χ1) is 8.63. The van der Waals surface area contributed by atoms with Gasteiger partial charge in [0.2, 0.25) is 0 Å². The predicted molar refractivity (Wildman–Crippen MR) is 70.7 cm³/mol. The molecule has 0 unspecified atom stereocenters. The maximum absolute atomic E-state index is 11.8. The van der Waals surface area contributed by atoms with E-state index < -0.39 is 5.97 Å². The summed E-state index contributed by atoms with van der Waals surface area (Å²) in [7, 11) is 0. The van der Waals surface area contributed by atoms with E-state index in [-0.39, 0.29) is 17.4 Å². The molecule has 0 saturated heterocycles. The number of rotatable bonds is 3. The van der Waals surface area contributed by atoms with Gasteiger partial charge in [0.1, 0.15) is 5.15 Å². The lowest BCUT2D eigenvalue weighted by molar-refractivity contribution is 0.0521. The summed E-state index contributed by atoms with van der Waals surface area (Å²) < 4.78 is 4.93. The number of hydrogen-bond acceptors (Lipinski definition) is 6. The van der Waals surface area contributed by atoms with Gasteiger partial charge >= 0.3 is 5.97 Å². The van der Waals surface area contributed by atoms with Crippen LogP contribution >= 0.6 is 22.9 Å². The molecule has 2 heterocycles. The smallest absolute Gasteiger partial charge is 0.358 e. The van der Waals surface area contributed by atoms with Crippen LogP contribution < -0.4 is 5.73 Å². The molecule has 0 bridgehead atoms. The first kappa shape index (κ1) is 12.8. The number of esters is 1. The molecule has 5 nitrogen and oxygen atoms in total. The molecule has 0 aromatic carbocycles. The van der Waals surface area contributed by atoms with Crippen molar-refractivity contribution in [2.24, 2.45) is 0 Å². The second-order valence-corrected chi connectivity index (χ2v) is 4.68. The molecule has 94 valence electrons. The van der Waals surface area contributed by atoms with E-state index in [1.165, 1.54) is 11.3 Å². The molecule has 0 saturated carbocycles. The number of hydrogen-bond donors (Lipinski definition) is 1. The van der Waals surface area contributed by atoms with Crippen molar-refractivity contribution in [3.8, 4) is 10.4 Å². The lowest BCUT2D eigenvalue weighted by Crippen LogP contribution is -2.06. The first-order valence-corrected chi connectivity index (χ1v) is 6.37. The SMILES string of the molecule is CCOC(=O)c1nc(N)sc1-c1cccnc1Cl. The third kappa shape index (κ3) is 2.44. The highest BCUT2D eigenvalue weighted by Gasteiger charge is 2.21. The summed E-state index contributed by atoms with van der Waals surface area (Å²) in [6.45, 7) is 2.00. The zero-order valence-corrected chi connectivity index (χ0v) is 11.1. The predicted octanol–water partition coefficient (Wildman–Crippen LogP) is 2.62. The number of thiazole rings is 1. The van der Waals surface area contributed by atoms with Gasteiger partial charge in [-0.05, 0) is 19.1 Å². The van der Waals surface area contributed by atoms with E-state index in [0.717, 1.165) is 0 Å². The number of pyridine rings is 1. The number of anilines is 1. The van der Waals surface area contributed by atoms with Crippen LogP contribution in [0.25, 0.3) is 10.4 Å². The number of halogens is 1.